The van der Waals surface area contributed by atoms with Crippen molar-refractivity contribution in [3.8, 4) is 0 Å². The van der Waals surface area contributed by atoms with Gasteiger partial charge in [-0.15, -0.1) is 0 Å². The van der Waals surface area contributed by atoms with E-state index in [-0.39, 0.29) is 5.54 Å². The summed E-state index contributed by atoms with van der Waals surface area (Å²) in [4.78, 5) is 9.40. The van der Waals surface area contributed by atoms with Gasteiger partial charge in [-0.05, 0) is 70.7 Å². The van der Waals surface area contributed by atoms with E-state index in [0.717, 1.165) is 21.7 Å². The molecular weight excluding hydrogens is 364 g/mol. The van der Waals surface area contributed by atoms with Gasteiger partial charge in [0.15, 0.2) is 0 Å². The fourth-order valence-electron chi connectivity index (χ4n) is 2.75. The summed E-state index contributed by atoms with van der Waals surface area (Å²) in [5, 5.41) is 6.90. The molecule has 2 N–H and O–H groups in total. The van der Waals surface area contributed by atoms with Gasteiger partial charge in [0.1, 0.15) is 5.82 Å². The topological polar surface area (TPSA) is 49.8 Å². The van der Waals surface area contributed by atoms with Gasteiger partial charge in [-0.2, -0.15) is 4.98 Å². The molecular formula is C19H25BrN4. The summed E-state index contributed by atoms with van der Waals surface area (Å²) in [6.45, 7) is 10.6. The van der Waals surface area contributed by atoms with Crippen molar-refractivity contribution >= 4 is 33.4 Å². The lowest BCUT2D eigenvalue weighted by Gasteiger charge is -2.22. The van der Waals surface area contributed by atoms with E-state index in [4.69, 9.17) is 4.98 Å². The first-order valence-electron chi connectivity index (χ1n) is 8.42. The zero-order valence-electron chi connectivity index (χ0n) is 15.0. The van der Waals surface area contributed by atoms with Crippen LogP contribution >= 0.6 is 15.9 Å². The minimum absolute atomic E-state index is 0.0666. The van der Waals surface area contributed by atoms with Crippen LogP contribution in [0.3, 0.4) is 0 Å². The maximum Gasteiger partial charge on any atom is 0.225 e. The lowest BCUT2D eigenvalue weighted by atomic mass is 10.1. The summed E-state index contributed by atoms with van der Waals surface area (Å²) in [6, 6.07) is 6.33. The van der Waals surface area contributed by atoms with Crippen molar-refractivity contribution in [3.05, 3.63) is 39.5 Å². The van der Waals surface area contributed by atoms with Crippen molar-refractivity contribution < 1.29 is 0 Å². The molecule has 1 aromatic heterocycles. The third-order valence-electron chi connectivity index (χ3n) is 3.98. The summed E-state index contributed by atoms with van der Waals surface area (Å²) < 4.78 is 1.10. The molecule has 128 valence electrons. The molecule has 2 aromatic rings. The average molecular weight is 389 g/mol. The summed E-state index contributed by atoms with van der Waals surface area (Å²) >= 11 is 3.55. The summed E-state index contributed by atoms with van der Waals surface area (Å²) in [5.74, 6) is 2.13. The molecule has 3 rings (SSSR count). The number of halogens is 1. The molecule has 1 aliphatic carbocycles. The van der Waals surface area contributed by atoms with E-state index in [1.807, 2.05) is 0 Å². The van der Waals surface area contributed by atoms with Crippen LogP contribution in [0.4, 0.5) is 17.5 Å². The number of aromatic nitrogens is 2. The highest BCUT2D eigenvalue weighted by Crippen LogP contribution is 2.40. The Balaban J connectivity index is 1.95. The van der Waals surface area contributed by atoms with Crippen LogP contribution in [-0.4, -0.2) is 15.5 Å². The maximum absolute atomic E-state index is 4.71. The van der Waals surface area contributed by atoms with Crippen molar-refractivity contribution in [2.75, 3.05) is 10.6 Å². The second kappa shape index (κ2) is 6.36. The summed E-state index contributed by atoms with van der Waals surface area (Å²) in [5.41, 5.74) is 4.56. The Morgan fingerprint density at radius 1 is 1.04 bits per heavy atom. The molecule has 4 nitrogen and oxygen atoms in total. The van der Waals surface area contributed by atoms with Crippen LogP contribution in [0.2, 0.25) is 0 Å². The molecule has 0 radical (unpaired) electrons. The van der Waals surface area contributed by atoms with E-state index in [1.165, 1.54) is 24.0 Å². The molecule has 0 saturated heterocycles. The van der Waals surface area contributed by atoms with E-state index >= 15 is 0 Å². The van der Waals surface area contributed by atoms with E-state index < -0.39 is 0 Å². The molecule has 5 heteroatoms. The Labute approximate surface area is 152 Å². The average Bonchev–Trinajstić information content (AvgIpc) is 3.25. The second-order valence-electron chi connectivity index (χ2n) is 7.69. The van der Waals surface area contributed by atoms with Crippen LogP contribution in [-0.2, 0) is 0 Å². The first-order chi connectivity index (χ1) is 11.2. The Bertz CT molecular complexity index is 737. The Morgan fingerprint density at radius 3 is 2.21 bits per heavy atom. The third kappa shape index (κ3) is 4.26. The van der Waals surface area contributed by atoms with E-state index in [0.29, 0.717) is 11.9 Å². The van der Waals surface area contributed by atoms with E-state index in [9.17, 15) is 0 Å². The van der Waals surface area contributed by atoms with Crippen molar-refractivity contribution in [2.45, 2.75) is 58.9 Å². The first-order valence-corrected chi connectivity index (χ1v) is 9.21. The van der Waals surface area contributed by atoms with E-state index in [2.05, 4.69) is 84.4 Å². The highest BCUT2D eigenvalue weighted by Gasteiger charge is 2.27. The number of nitrogens with zero attached hydrogens (tertiary/aromatic N) is 2. The number of aryl methyl sites for hydroxylation is 2. The number of nitrogens with one attached hydrogen (secondary N) is 2. The molecule has 1 aliphatic rings. The molecule has 1 saturated carbocycles. The minimum Gasteiger partial charge on any atom is -0.350 e. The fourth-order valence-corrected chi connectivity index (χ4v) is 3.43. The van der Waals surface area contributed by atoms with Gasteiger partial charge in [-0.1, -0.05) is 15.9 Å². The molecule has 24 heavy (non-hydrogen) atoms. The molecule has 0 bridgehead atoms. The van der Waals surface area contributed by atoms with Gasteiger partial charge in [-0.25, -0.2) is 4.98 Å². The van der Waals surface area contributed by atoms with Gasteiger partial charge in [0.25, 0.3) is 0 Å². The summed E-state index contributed by atoms with van der Waals surface area (Å²) in [6.07, 6.45) is 2.45. The van der Waals surface area contributed by atoms with Gasteiger partial charge >= 0.3 is 0 Å². The monoisotopic (exact) mass is 388 g/mol. The predicted molar refractivity (Wildman–Crippen MR) is 104 cm³/mol. The Morgan fingerprint density at radius 2 is 1.67 bits per heavy atom. The van der Waals surface area contributed by atoms with Crippen LogP contribution < -0.4 is 10.6 Å². The van der Waals surface area contributed by atoms with Crippen LogP contribution in [0, 0.1) is 13.8 Å². The van der Waals surface area contributed by atoms with Crippen LogP contribution in [0.1, 0.15) is 56.4 Å². The van der Waals surface area contributed by atoms with Gasteiger partial charge in [0.2, 0.25) is 5.95 Å². The van der Waals surface area contributed by atoms with Gasteiger partial charge < -0.3 is 10.6 Å². The molecule has 0 aliphatic heterocycles. The van der Waals surface area contributed by atoms with Crippen LogP contribution in [0.5, 0.6) is 0 Å². The zero-order valence-corrected chi connectivity index (χ0v) is 16.6. The number of benzene rings is 1. The van der Waals surface area contributed by atoms with Gasteiger partial charge in [-0.3, -0.25) is 0 Å². The standard InChI is InChI=1S/C19H25BrN4/c1-11-8-14(20)9-12(2)17(11)22-16-10-15(13-6-7-13)21-18(23-16)24-19(3,4)5/h8-10,13H,6-7H2,1-5H3,(H2,21,22,23,24). The molecule has 1 heterocycles. The molecule has 0 atom stereocenters. The first kappa shape index (κ1) is 17.2. The van der Waals surface area contributed by atoms with Crippen LogP contribution in [0.15, 0.2) is 22.7 Å². The zero-order chi connectivity index (χ0) is 17.5. The van der Waals surface area contributed by atoms with Crippen molar-refractivity contribution in [2.24, 2.45) is 0 Å². The minimum atomic E-state index is -0.0666. The number of anilines is 3. The normalized spacial score (nSPS) is 14.6. The molecule has 0 amide bonds. The fraction of sp³-hybridized carbons (Fsp3) is 0.474. The maximum atomic E-state index is 4.71. The molecule has 0 spiro atoms. The van der Waals surface area contributed by atoms with Crippen LogP contribution in [0.25, 0.3) is 0 Å². The lowest BCUT2D eigenvalue weighted by Crippen LogP contribution is -2.27. The quantitative estimate of drug-likeness (QED) is 0.706. The predicted octanol–water partition coefficient (Wildman–Crippen LogP) is 5.69. The second-order valence-corrected chi connectivity index (χ2v) is 8.61. The number of rotatable bonds is 4. The smallest absolute Gasteiger partial charge is 0.225 e. The molecule has 1 aromatic carbocycles. The highest BCUT2D eigenvalue weighted by atomic mass is 79.9. The van der Waals surface area contributed by atoms with Crippen molar-refractivity contribution in [1.82, 2.24) is 9.97 Å². The number of hydrogen-bond donors (Lipinski definition) is 2. The Hall–Kier alpha value is -1.62. The molecule has 1 fully saturated rings. The lowest BCUT2D eigenvalue weighted by molar-refractivity contribution is 0.625. The van der Waals surface area contributed by atoms with Gasteiger partial charge in [0.05, 0.1) is 5.69 Å². The van der Waals surface area contributed by atoms with Gasteiger partial charge in [0, 0.05) is 27.7 Å². The largest absolute Gasteiger partial charge is 0.350 e. The van der Waals surface area contributed by atoms with E-state index in [1.54, 1.807) is 0 Å². The Kier molecular flexibility index (Phi) is 4.56. The highest BCUT2D eigenvalue weighted by molar-refractivity contribution is 9.10. The van der Waals surface area contributed by atoms with Crippen molar-refractivity contribution in [3.63, 3.8) is 0 Å². The summed E-state index contributed by atoms with van der Waals surface area (Å²) in [7, 11) is 0. The SMILES string of the molecule is Cc1cc(Br)cc(C)c1Nc1cc(C2CC2)nc(NC(C)(C)C)n1. The number of hydrogen-bond acceptors (Lipinski definition) is 4. The molecule has 0 unspecified atom stereocenters. The third-order valence-corrected chi connectivity index (χ3v) is 4.44. The van der Waals surface area contributed by atoms with Crippen molar-refractivity contribution in [1.29, 1.82) is 0 Å².